The van der Waals surface area contributed by atoms with Gasteiger partial charge < -0.3 is 0 Å². The predicted molar refractivity (Wildman–Crippen MR) is 39.2 cm³/mol. The lowest BCUT2D eigenvalue weighted by atomic mass is 10.1. The van der Waals surface area contributed by atoms with E-state index in [0.29, 0.717) is 6.42 Å². The highest BCUT2D eigenvalue weighted by Gasteiger charge is 2.28. The molecular weight excluding hydrogens is 134 g/mol. The Morgan fingerprint density at radius 2 is 2.10 bits per heavy atom. The van der Waals surface area contributed by atoms with E-state index in [1.807, 2.05) is 0 Å². The van der Waals surface area contributed by atoms with Crippen molar-refractivity contribution in [2.45, 2.75) is 25.7 Å². The minimum Gasteiger partial charge on any atom is -0.202 e. The molecule has 0 aromatic carbocycles. The minimum absolute atomic E-state index is 0.0747. The maximum Gasteiger partial charge on any atom is 0.269 e. The average Bonchev–Trinajstić information content (AvgIpc) is 1.84. The summed E-state index contributed by atoms with van der Waals surface area (Å²) in [5.41, 5.74) is -0.0747. The Hall–Kier alpha value is -0.660. The zero-order chi connectivity index (χ0) is 8.20. The van der Waals surface area contributed by atoms with Gasteiger partial charge >= 0.3 is 0 Å². The Balaban J connectivity index is 3.86. The molecule has 0 amide bonds. The van der Waals surface area contributed by atoms with E-state index in [2.05, 4.69) is 13.2 Å². The van der Waals surface area contributed by atoms with Crippen molar-refractivity contribution in [2.75, 3.05) is 0 Å². The predicted octanol–water partition coefficient (Wildman–Crippen LogP) is 3.16. The summed E-state index contributed by atoms with van der Waals surface area (Å²) in [5, 5.41) is 0. The summed E-state index contributed by atoms with van der Waals surface area (Å²) < 4.78 is 25.2. The molecule has 0 N–H and O–H groups in total. The topological polar surface area (TPSA) is 0 Å². The van der Waals surface area contributed by atoms with Crippen LogP contribution in [0.25, 0.3) is 0 Å². The summed E-state index contributed by atoms with van der Waals surface area (Å²) >= 11 is 0. The first-order valence-electron chi connectivity index (χ1n) is 3.15. The fourth-order valence-electron chi connectivity index (χ4n) is 0.497. The van der Waals surface area contributed by atoms with E-state index in [-0.39, 0.29) is 12.0 Å². The molecule has 0 aromatic rings. The van der Waals surface area contributed by atoms with Crippen LogP contribution in [0.5, 0.6) is 0 Å². The van der Waals surface area contributed by atoms with Gasteiger partial charge in [0, 0.05) is 6.42 Å². The van der Waals surface area contributed by atoms with Gasteiger partial charge in [-0.05, 0) is 18.9 Å². The SMILES string of the molecule is C=CCCC(F)(F)C(=C)C. The Labute approximate surface area is 60.2 Å². The summed E-state index contributed by atoms with van der Waals surface area (Å²) in [7, 11) is 0. The van der Waals surface area contributed by atoms with Gasteiger partial charge in [0.25, 0.3) is 5.92 Å². The van der Waals surface area contributed by atoms with Crippen molar-refractivity contribution in [1.29, 1.82) is 0 Å². The van der Waals surface area contributed by atoms with Gasteiger partial charge in [-0.2, -0.15) is 0 Å². The van der Waals surface area contributed by atoms with Crippen molar-refractivity contribution >= 4 is 0 Å². The molecular formula is C8H12F2. The zero-order valence-corrected chi connectivity index (χ0v) is 6.16. The van der Waals surface area contributed by atoms with Crippen LogP contribution in [-0.2, 0) is 0 Å². The molecule has 0 aliphatic carbocycles. The van der Waals surface area contributed by atoms with Gasteiger partial charge in [-0.15, -0.1) is 6.58 Å². The van der Waals surface area contributed by atoms with Gasteiger partial charge in [0.15, 0.2) is 0 Å². The molecule has 0 fully saturated rings. The van der Waals surface area contributed by atoms with Crippen LogP contribution in [0.15, 0.2) is 24.8 Å². The summed E-state index contributed by atoms with van der Waals surface area (Å²) in [4.78, 5) is 0. The van der Waals surface area contributed by atoms with E-state index in [0.717, 1.165) is 0 Å². The molecule has 0 bridgehead atoms. The van der Waals surface area contributed by atoms with Crippen LogP contribution in [0, 0.1) is 0 Å². The number of alkyl halides is 2. The monoisotopic (exact) mass is 146 g/mol. The standard InChI is InChI=1S/C8H12F2/c1-4-5-6-8(9,10)7(2)3/h4H,1-2,5-6H2,3H3. The zero-order valence-electron chi connectivity index (χ0n) is 6.16. The summed E-state index contributed by atoms with van der Waals surface area (Å²) in [6, 6.07) is 0. The third-order valence-corrected chi connectivity index (χ3v) is 1.29. The largest absolute Gasteiger partial charge is 0.269 e. The molecule has 10 heavy (non-hydrogen) atoms. The van der Waals surface area contributed by atoms with E-state index in [9.17, 15) is 8.78 Å². The van der Waals surface area contributed by atoms with E-state index in [4.69, 9.17) is 0 Å². The molecule has 0 saturated heterocycles. The second kappa shape index (κ2) is 3.49. The third kappa shape index (κ3) is 2.76. The van der Waals surface area contributed by atoms with Crippen LogP contribution >= 0.6 is 0 Å². The molecule has 2 heteroatoms. The molecule has 0 radical (unpaired) electrons. The van der Waals surface area contributed by atoms with Crippen LogP contribution in [0.4, 0.5) is 8.78 Å². The van der Waals surface area contributed by atoms with Crippen LogP contribution in [0.2, 0.25) is 0 Å². The van der Waals surface area contributed by atoms with E-state index < -0.39 is 5.92 Å². The first kappa shape index (κ1) is 9.34. The van der Waals surface area contributed by atoms with Crippen molar-refractivity contribution in [2.24, 2.45) is 0 Å². The number of rotatable bonds is 4. The van der Waals surface area contributed by atoms with Gasteiger partial charge in [0.1, 0.15) is 0 Å². The Kier molecular flexibility index (Phi) is 3.26. The van der Waals surface area contributed by atoms with Gasteiger partial charge in [-0.1, -0.05) is 12.7 Å². The van der Waals surface area contributed by atoms with Gasteiger partial charge in [-0.25, -0.2) is 8.78 Å². The van der Waals surface area contributed by atoms with Crippen LogP contribution in [-0.4, -0.2) is 5.92 Å². The second-order valence-corrected chi connectivity index (χ2v) is 2.31. The lowest BCUT2D eigenvalue weighted by Crippen LogP contribution is -2.15. The average molecular weight is 146 g/mol. The second-order valence-electron chi connectivity index (χ2n) is 2.31. The Bertz CT molecular complexity index is 136. The fourth-order valence-corrected chi connectivity index (χ4v) is 0.497. The molecule has 0 nitrogen and oxygen atoms in total. The molecule has 0 rings (SSSR count). The first-order valence-corrected chi connectivity index (χ1v) is 3.15. The van der Waals surface area contributed by atoms with Gasteiger partial charge in [0.2, 0.25) is 0 Å². The lowest BCUT2D eigenvalue weighted by Gasteiger charge is -2.14. The van der Waals surface area contributed by atoms with Crippen molar-refractivity contribution < 1.29 is 8.78 Å². The highest BCUT2D eigenvalue weighted by atomic mass is 19.3. The molecule has 0 spiro atoms. The maximum atomic E-state index is 12.6. The summed E-state index contributed by atoms with van der Waals surface area (Å²) in [6.45, 7) is 7.89. The molecule has 0 aromatic heterocycles. The van der Waals surface area contributed by atoms with Crippen LogP contribution < -0.4 is 0 Å². The lowest BCUT2D eigenvalue weighted by molar-refractivity contribution is 0.0340. The van der Waals surface area contributed by atoms with E-state index in [1.54, 1.807) is 0 Å². The first-order chi connectivity index (χ1) is 4.50. The maximum absolute atomic E-state index is 12.6. The van der Waals surface area contributed by atoms with Crippen molar-refractivity contribution in [3.05, 3.63) is 24.8 Å². The van der Waals surface area contributed by atoms with Crippen molar-refractivity contribution in [3.8, 4) is 0 Å². The molecule has 0 unspecified atom stereocenters. The van der Waals surface area contributed by atoms with Crippen LogP contribution in [0.1, 0.15) is 19.8 Å². The molecule has 0 heterocycles. The normalized spacial score (nSPS) is 11.1. The van der Waals surface area contributed by atoms with E-state index >= 15 is 0 Å². The molecule has 0 aliphatic heterocycles. The van der Waals surface area contributed by atoms with Crippen molar-refractivity contribution in [1.82, 2.24) is 0 Å². The highest BCUT2D eigenvalue weighted by Crippen LogP contribution is 2.27. The highest BCUT2D eigenvalue weighted by molar-refractivity contribution is 5.03. The quantitative estimate of drug-likeness (QED) is 0.534. The number of hydrogen-bond acceptors (Lipinski definition) is 0. The minimum atomic E-state index is -2.71. The molecule has 0 aliphatic rings. The Morgan fingerprint density at radius 1 is 1.60 bits per heavy atom. The van der Waals surface area contributed by atoms with Crippen molar-refractivity contribution in [3.63, 3.8) is 0 Å². The third-order valence-electron chi connectivity index (χ3n) is 1.29. The molecule has 0 atom stereocenters. The fraction of sp³-hybridized carbons (Fsp3) is 0.500. The number of allylic oxidation sites excluding steroid dienone is 2. The number of halogens is 2. The summed E-state index contributed by atoms with van der Waals surface area (Å²) in [5.74, 6) is -2.71. The molecule has 0 saturated carbocycles. The van der Waals surface area contributed by atoms with Crippen LogP contribution in [0.3, 0.4) is 0 Å². The van der Waals surface area contributed by atoms with Gasteiger partial charge in [0.05, 0.1) is 0 Å². The smallest absolute Gasteiger partial charge is 0.202 e. The molecule has 58 valence electrons. The van der Waals surface area contributed by atoms with Gasteiger partial charge in [-0.3, -0.25) is 0 Å². The Morgan fingerprint density at radius 3 is 2.40 bits per heavy atom. The summed E-state index contributed by atoms with van der Waals surface area (Å²) in [6.07, 6.45) is 1.64. The van der Waals surface area contributed by atoms with E-state index in [1.165, 1.54) is 13.0 Å². The number of hydrogen-bond donors (Lipinski definition) is 0.